The highest BCUT2D eigenvalue weighted by atomic mass is 16.5. The van der Waals surface area contributed by atoms with Gasteiger partial charge in [-0.15, -0.1) is 0 Å². The van der Waals surface area contributed by atoms with E-state index in [1.165, 1.54) is 11.1 Å². The summed E-state index contributed by atoms with van der Waals surface area (Å²) in [6.45, 7) is 5.79. The van der Waals surface area contributed by atoms with Crippen LogP contribution in [0, 0.1) is 6.92 Å². The Kier molecular flexibility index (Phi) is 3.32. The van der Waals surface area contributed by atoms with Crippen molar-refractivity contribution < 1.29 is 4.74 Å². The predicted molar refractivity (Wildman–Crippen MR) is 56.4 cm³/mol. The van der Waals surface area contributed by atoms with E-state index in [-0.39, 0.29) is 0 Å². The molecule has 0 atom stereocenters. The van der Waals surface area contributed by atoms with Crippen molar-refractivity contribution in [2.75, 3.05) is 7.11 Å². The molecule has 1 rings (SSSR count). The molecule has 0 aliphatic heterocycles. The Bertz CT molecular complexity index is 324. The molecule has 0 heterocycles. The Labute approximate surface area is 79.4 Å². The van der Waals surface area contributed by atoms with Gasteiger partial charge in [0.15, 0.2) is 0 Å². The summed E-state index contributed by atoms with van der Waals surface area (Å²) < 4.78 is 4.93. The van der Waals surface area contributed by atoms with Gasteiger partial charge in [0.25, 0.3) is 0 Å². The molecule has 0 radical (unpaired) electrons. The fourth-order valence-electron chi connectivity index (χ4n) is 1.02. The van der Waals surface area contributed by atoms with Gasteiger partial charge in [-0.25, -0.2) is 0 Å². The summed E-state index contributed by atoms with van der Waals surface area (Å²) in [6, 6.07) is 8.18. The molecule has 1 aromatic carbocycles. The number of rotatable bonds is 3. The molecule has 0 saturated heterocycles. The van der Waals surface area contributed by atoms with Crippen LogP contribution >= 0.6 is 0 Å². The number of aryl methyl sites for hydroxylation is 1. The van der Waals surface area contributed by atoms with Crippen LogP contribution in [-0.4, -0.2) is 7.11 Å². The Morgan fingerprint density at radius 3 is 2.69 bits per heavy atom. The molecule has 13 heavy (non-hydrogen) atoms. The van der Waals surface area contributed by atoms with Crippen molar-refractivity contribution in [1.82, 2.24) is 0 Å². The van der Waals surface area contributed by atoms with E-state index in [4.69, 9.17) is 4.74 Å². The highest BCUT2D eigenvalue weighted by Crippen LogP contribution is 2.09. The van der Waals surface area contributed by atoms with Crippen LogP contribution in [0.15, 0.2) is 42.7 Å². The molecule has 0 N–H and O–H groups in total. The van der Waals surface area contributed by atoms with Gasteiger partial charge in [-0.05, 0) is 24.1 Å². The number of hydrogen-bond acceptors (Lipinski definition) is 1. The maximum atomic E-state index is 4.93. The summed E-state index contributed by atoms with van der Waals surface area (Å²) >= 11 is 0. The molecule has 1 heteroatoms. The van der Waals surface area contributed by atoms with E-state index in [9.17, 15) is 0 Å². The lowest BCUT2D eigenvalue weighted by atomic mass is 10.1. The lowest BCUT2D eigenvalue weighted by molar-refractivity contribution is 0.309. The van der Waals surface area contributed by atoms with Gasteiger partial charge < -0.3 is 4.74 Å². The molecule has 1 nitrogen and oxygen atoms in total. The number of benzene rings is 1. The highest BCUT2D eigenvalue weighted by molar-refractivity contribution is 5.55. The number of ether oxygens (including phenoxy) is 1. The molecular formula is C12H14O. The second-order valence-corrected chi connectivity index (χ2v) is 2.86. The third kappa shape index (κ3) is 2.79. The molecule has 68 valence electrons. The minimum absolute atomic E-state index is 0.670. The Balaban J connectivity index is 2.80. The van der Waals surface area contributed by atoms with Gasteiger partial charge in [-0.2, -0.15) is 0 Å². The third-order valence-electron chi connectivity index (χ3n) is 1.90. The average Bonchev–Trinajstić information content (AvgIpc) is 2.16. The van der Waals surface area contributed by atoms with Gasteiger partial charge in [0, 0.05) is 0 Å². The van der Waals surface area contributed by atoms with Crippen LogP contribution in [0.4, 0.5) is 0 Å². The summed E-state index contributed by atoms with van der Waals surface area (Å²) in [7, 11) is 1.62. The van der Waals surface area contributed by atoms with Crippen LogP contribution in [0.5, 0.6) is 0 Å². The molecule has 0 fully saturated rings. The minimum atomic E-state index is 0.670. The SMILES string of the molecule is C=C(/C=C/c1ccccc1C)OC. The molecule has 0 bridgehead atoms. The number of hydrogen-bond donors (Lipinski definition) is 0. The van der Waals surface area contributed by atoms with E-state index in [1.807, 2.05) is 24.3 Å². The van der Waals surface area contributed by atoms with Gasteiger partial charge in [0.05, 0.1) is 7.11 Å². The van der Waals surface area contributed by atoms with Crippen molar-refractivity contribution in [2.24, 2.45) is 0 Å². The molecule has 0 unspecified atom stereocenters. The zero-order chi connectivity index (χ0) is 9.68. The summed E-state index contributed by atoms with van der Waals surface area (Å²) in [5.41, 5.74) is 2.45. The van der Waals surface area contributed by atoms with Crippen LogP contribution in [0.25, 0.3) is 6.08 Å². The van der Waals surface area contributed by atoms with Gasteiger partial charge in [0.2, 0.25) is 0 Å². The first-order chi connectivity index (χ1) is 6.24. The first-order valence-corrected chi connectivity index (χ1v) is 4.20. The predicted octanol–water partition coefficient (Wildman–Crippen LogP) is 3.17. The molecular weight excluding hydrogens is 160 g/mol. The van der Waals surface area contributed by atoms with Crippen LogP contribution in [0.3, 0.4) is 0 Å². The first-order valence-electron chi connectivity index (χ1n) is 4.20. The highest BCUT2D eigenvalue weighted by Gasteiger charge is 1.90. The maximum Gasteiger partial charge on any atom is 0.111 e. The van der Waals surface area contributed by atoms with Gasteiger partial charge in [-0.1, -0.05) is 36.9 Å². The van der Waals surface area contributed by atoms with E-state index in [0.29, 0.717) is 5.76 Å². The van der Waals surface area contributed by atoms with Gasteiger partial charge in [0.1, 0.15) is 5.76 Å². The largest absolute Gasteiger partial charge is 0.497 e. The normalized spacial score (nSPS) is 10.3. The summed E-state index contributed by atoms with van der Waals surface area (Å²) in [5.74, 6) is 0.670. The molecule has 0 spiro atoms. The van der Waals surface area contributed by atoms with Crippen molar-refractivity contribution in [2.45, 2.75) is 6.92 Å². The quantitative estimate of drug-likeness (QED) is 0.505. The number of allylic oxidation sites excluding steroid dienone is 1. The van der Waals surface area contributed by atoms with Crippen LogP contribution in [-0.2, 0) is 4.74 Å². The fourth-order valence-corrected chi connectivity index (χ4v) is 1.02. The molecule has 0 aromatic heterocycles. The molecule has 0 aliphatic rings. The summed E-state index contributed by atoms with van der Waals surface area (Å²) in [4.78, 5) is 0. The van der Waals surface area contributed by atoms with E-state index in [0.717, 1.165) is 0 Å². The second-order valence-electron chi connectivity index (χ2n) is 2.86. The van der Waals surface area contributed by atoms with E-state index in [2.05, 4.69) is 25.6 Å². The first kappa shape index (κ1) is 9.59. The molecule has 0 aliphatic carbocycles. The smallest absolute Gasteiger partial charge is 0.111 e. The topological polar surface area (TPSA) is 9.23 Å². The molecule has 0 saturated carbocycles. The lowest BCUT2D eigenvalue weighted by Gasteiger charge is -1.99. The zero-order valence-electron chi connectivity index (χ0n) is 8.08. The van der Waals surface area contributed by atoms with Crippen molar-refractivity contribution in [3.63, 3.8) is 0 Å². The van der Waals surface area contributed by atoms with Gasteiger partial charge in [-0.3, -0.25) is 0 Å². The molecule has 0 amide bonds. The van der Waals surface area contributed by atoms with Crippen LogP contribution in [0.2, 0.25) is 0 Å². The lowest BCUT2D eigenvalue weighted by Crippen LogP contribution is -1.80. The fraction of sp³-hybridized carbons (Fsp3) is 0.167. The van der Waals surface area contributed by atoms with Crippen LogP contribution in [0.1, 0.15) is 11.1 Å². The third-order valence-corrected chi connectivity index (χ3v) is 1.90. The summed E-state index contributed by atoms with van der Waals surface area (Å²) in [5, 5.41) is 0. The Hall–Kier alpha value is -1.50. The van der Waals surface area contributed by atoms with Gasteiger partial charge >= 0.3 is 0 Å². The standard InChI is InChI=1S/C12H14O/c1-10-6-4-5-7-12(10)9-8-11(2)13-3/h4-9H,2H2,1,3H3/b9-8+. The van der Waals surface area contributed by atoms with E-state index >= 15 is 0 Å². The zero-order valence-corrected chi connectivity index (χ0v) is 8.08. The summed E-state index contributed by atoms with van der Waals surface area (Å²) in [6.07, 6.45) is 3.86. The second kappa shape index (κ2) is 4.51. The van der Waals surface area contributed by atoms with Crippen LogP contribution < -0.4 is 0 Å². The molecule has 1 aromatic rings. The van der Waals surface area contributed by atoms with Crippen molar-refractivity contribution in [3.8, 4) is 0 Å². The van der Waals surface area contributed by atoms with Crippen molar-refractivity contribution in [1.29, 1.82) is 0 Å². The van der Waals surface area contributed by atoms with E-state index < -0.39 is 0 Å². The van der Waals surface area contributed by atoms with Crippen molar-refractivity contribution >= 4 is 6.08 Å². The van der Waals surface area contributed by atoms with E-state index in [1.54, 1.807) is 7.11 Å². The number of methoxy groups -OCH3 is 1. The Morgan fingerprint density at radius 1 is 1.38 bits per heavy atom. The minimum Gasteiger partial charge on any atom is -0.497 e. The maximum absolute atomic E-state index is 4.93. The average molecular weight is 174 g/mol. The van der Waals surface area contributed by atoms with Crippen molar-refractivity contribution in [3.05, 3.63) is 53.8 Å². The Morgan fingerprint density at radius 2 is 2.08 bits per heavy atom. The monoisotopic (exact) mass is 174 g/mol.